The number of hydrogen-bond acceptors (Lipinski definition) is 4. The zero-order valence-electron chi connectivity index (χ0n) is 10.6. The number of thiazole rings is 1. The van der Waals surface area contributed by atoms with Crippen molar-refractivity contribution in [3.63, 3.8) is 0 Å². The van der Waals surface area contributed by atoms with Gasteiger partial charge in [-0.05, 0) is 24.3 Å². The first kappa shape index (κ1) is 15.1. The number of nitrogens with zero attached hydrogens (tertiary/aromatic N) is 2. The number of sulfonamides is 1. The molecule has 1 aromatic carbocycles. The third kappa shape index (κ3) is 2.76. The van der Waals surface area contributed by atoms with Crippen molar-refractivity contribution in [2.24, 2.45) is 11.4 Å². The first-order valence-corrected chi connectivity index (χ1v) is 9.52. The molecule has 3 aromatic rings. The lowest BCUT2D eigenvalue weighted by molar-refractivity contribution is 0.598. The zero-order chi connectivity index (χ0) is 15.2. The summed E-state index contributed by atoms with van der Waals surface area (Å²) in [6, 6.07) is 8.44. The van der Waals surface area contributed by atoms with E-state index in [0.717, 1.165) is 21.6 Å². The highest BCUT2D eigenvalue weighted by atomic mass is 35.5. The lowest BCUT2D eigenvalue weighted by Gasteiger charge is -1.97. The Balaban J connectivity index is 2.25. The van der Waals surface area contributed by atoms with E-state index in [-0.39, 0.29) is 4.21 Å². The van der Waals surface area contributed by atoms with Gasteiger partial charge in [-0.25, -0.2) is 0 Å². The van der Waals surface area contributed by atoms with Crippen LogP contribution in [-0.4, -0.2) is 13.0 Å². The number of aryl methyl sites for hydroxylation is 1. The van der Waals surface area contributed by atoms with Crippen molar-refractivity contribution in [2.75, 3.05) is 0 Å². The SMILES string of the molecule is Cn1/c(=N/S(=O)(=O)c2ccc(Cl)s2)sc2cccc(Cl)c21. The van der Waals surface area contributed by atoms with E-state index in [1.54, 1.807) is 17.7 Å². The van der Waals surface area contributed by atoms with Crippen LogP contribution < -0.4 is 4.80 Å². The van der Waals surface area contributed by atoms with Gasteiger partial charge in [0.2, 0.25) is 4.80 Å². The minimum atomic E-state index is -3.77. The predicted octanol–water partition coefficient (Wildman–Crippen LogP) is 3.90. The van der Waals surface area contributed by atoms with Crippen LogP contribution in [0.2, 0.25) is 9.36 Å². The Morgan fingerprint density at radius 2 is 1.90 bits per heavy atom. The smallest absolute Gasteiger partial charge is 0.294 e. The lowest BCUT2D eigenvalue weighted by Crippen LogP contribution is -2.13. The van der Waals surface area contributed by atoms with Crippen LogP contribution >= 0.6 is 45.9 Å². The molecule has 2 aromatic heterocycles. The number of thiophene rings is 1. The molecule has 110 valence electrons. The number of para-hydroxylation sites is 1. The van der Waals surface area contributed by atoms with E-state index in [0.29, 0.717) is 14.2 Å². The molecule has 0 aliphatic rings. The molecule has 0 unspecified atom stereocenters. The topological polar surface area (TPSA) is 51.4 Å². The maximum Gasteiger partial charge on any atom is 0.294 e. The van der Waals surface area contributed by atoms with Gasteiger partial charge in [-0.2, -0.15) is 8.42 Å². The van der Waals surface area contributed by atoms with Gasteiger partial charge in [0, 0.05) is 7.05 Å². The van der Waals surface area contributed by atoms with E-state index in [1.165, 1.54) is 23.5 Å². The molecule has 0 amide bonds. The van der Waals surface area contributed by atoms with Crippen molar-refractivity contribution in [1.29, 1.82) is 0 Å². The molecular weight excluding hydrogens is 371 g/mol. The molecule has 2 heterocycles. The summed E-state index contributed by atoms with van der Waals surface area (Å²) in [5.74, 6) is 0. The fraction of sp³-hybridized carbons (Fsp3) is 0.0833. The summed E-state index contributed by atoms with van der Waals surface area (Å²) < 4.78 is 31.5. The van der Waals surface area contributed by atoms with E-state index in [4.69, 9.17) is 23.2 Å². The lowest BCUT2D eigenvalue weighted by atomic mass is 10.3. The average molecular weight is 379 g/mol. The summed E-state index contributed by atoms with van der Waals surface area (Å²) in [6.07, 6.45) is 0. The van der Waals surface area contributed by atoms with Crippen molar-refractivity contribution >= 4 is 66.1 Å². The number of halogens is 2. The number of benzene rings is 1. The van der Waals surface area contributed by atoms with Gasteiger partial charge in [0.1, 0.15) is 4.21 Å². The summed E-state index contributed by atoms with van der Waals surface area (Å²) in [5, 5.41) is 0.560. The molecule has 0 aliphatic heterocycles. The van der Waals surface area contributed by atoms with Gasteiger partial charge in [-0.15, -0.1) is 15.7 Å². The van der Waals surface area contributed by atoms with Crippen molar-refractivity contribution in [1.82, 2.24) is 4.57 Å². The summed E-state index contributed by atoms with van der Waals surface area (Å²) in [5.41, 5.74) is 0.766. The standard InChI is InChI=1S/C12H8Cl2N2O2S3/c1-16-11-7(13)3-2-4-8(11)19-12(16)15-21(17,18)10-6-5-9(14)20-10/h2-6H,1H3/b15-12-. The first-order chi connectivity index (χ1) is 9.88. The molecule has 0 spiro atoms. The Morgan fingerprint density at radius 1 is 1.14 bits per heavy atom. The van der Waals surface area contributed by atoms with Crippen LogP contribution in [0.1, 0.15) is 0 Å². The highest BCUT2D eigenvalue weighted by Crippen LogP contribution is 2.28. The van der Waals surface area contributed by atoms with E-state index < -0.39 is 10.0 Å². The van der Waals surface area contributed by atoms with Crippen LogP contribution in [0.25, 0.3) is 10.2 Å². The first-order valence-electron chi connectivity index (χ1n) is 5.69. The minimum absolute atomic E-state index is 0.121. The summed E-state index contributed by atoms with van der Waals surface area (Å²) in [4.78, 5) is 0.364. The van der Waals surface area contributed by atoms with E-state index >= 15 is 0 Å². The molecule has 0 bridgehead atoms. The molecule has 3 rings (SSSR count). The van der Waals surface area contributed by atoms with Crippen LogP contribution in [0.4, 0.5) is 0 Å². The monoisotopic (exact) mass is 378 g/mol. The summed E-state index contributed by atoms with van der Waals surface area (Å²) in [7, 11) is -2.03. The minimum Gasteiger partial charge on any atom is -0.318 e. The van der Waals surface area contributed by atoms with Crippen molar-refractivity contribution in [2.45, 2.75) is 4.21 Å². The zero-order valence-corrected chi connectivity index (χ0v) is 14.5. The van der Waals surface area contributed by atoms with E-state index in [2.05, 4.69) is 4.40 Å². The highest BCUT2D eigenvalue weighted by Gasteiger charge is 2.16. The number of fused-ring (bicyclic) bond motifs is 1. The molecule has 9 heteroatoms. The molecule has 0 atom stereocenters. The van der Waals surface area contributed by atoms with Gasteiger partial charge in [0.25, 0.3) is 10.0 Å². The Labute approximate surface area is 139 Å². The van der Waals surface area contributed by atoms with Crippen molar-refractivity contribution in [3.8, 4) is 0 Å². The number of hydrogen-bond donors (Lipinski definition) is 0. The third-order valence-electron chi connectivity index (χ3n) is 2.77. The van der Waals surface area contributed by atoms with Crippen molar-refractivity contribution < 1.29 is 8.42 Å². The Bertz CT molecular complexity index is 999. The molecule has 4 nitrogen and oxygen atoms in total. The van der Waals surface area contributed by atoms with Crippen LogP contribution in [0.15, 0.2) is 38.9 Å². The van der Waals surface area contributed by atoms with Gasteiger partial charge in [0.05, 0.1) is 19.6 Å². The van der Waals surface area contributed by atoms with Gasteiger partial charge >= 0.3 is 0 Å². The second-order valence-electron chi connectivity index (χ2n) is 4.16. The highest BCUT2D eigenvalue weighted by molar-refractivity contribution is 7.92. The molecule has 21 heavy (non-hydrogen) atoms. The van der Waals surface area contributed by atoms with Gasteiger partial charge in [-0.3, -0.25) is 0 Å². The molecule has 0 saturated carbocycles. The Hall–Kier alpha value is -0.860. The summed E-state index contributed by atoms with van der Waals surface area (Å²) in [6.45, 7) is 0. The molecular formula is C12H8Cl2N2O2S3. The maximum atomic E-state index is 12.3. The molecule has 0 N–H and O–H groups in total. The van der Waals surface area contributed by atoms with Crippen LogP contribution in [0.3, 0.4) is 0 Å². The molecule has 0 aliphatic carbocycles. The number of aromatic nitrogens is 1. The molecule has 0 radical (unpaired) electrons. The van der Waals surface area contributed by atoms with Crippen molar-refractivity contribution in [3.05, 3.63) is 44.5 Å². The summed E-state index contributed by atoms with van der Waals surface area (Å²) >= 11 is 14.2. The van der Waals surface area contributed by atoms with Crippen LogP contribution in [0.5, 0.6) is 0 Å². The number of rotatable bonds is 2. The average Bonchev–Trinajstić information content (AvgIpc) is 2.96. The third-order valence-corrected chi connectivity index (χ3v) is 7.26. The second kappa shape index (κ2) is 5.40. The molecule has 0 saturated heterocycles. The maximum absolute atomic E-state index is 12.3. The molecule has 0 fully saturated rings. The van der Waals surface area contributed by atoms with Gasteiger partial charge in [-0.1, -0.05) is 40.6 Å². The Morgan fingerprint density at radius 3 is 2.52 bits per heavy atom. The fourth-order valence-corrected chi connectivity index (χ4v) is 5.92. The van der Waals surface area contributed by atoms with Gasteiger partial charge < -0.3 is 4.57 Å². The van der Waals surface area contributed by atoms with E-state index in [1.807, 2.05) is 12.1 Å². The normalized spacial score (nSPS) is 13.2. The fourth-order valence-electron chi connectivity index (χ4n) is 1.83. The Kier molecular flexibility index (Phi) is 3.87. The quantitative estimate of drug-likeness (QED) is 0.678. The van der Waals surface area contributed by atoms with Crippen LogP contribution in [0, 0.1) is 0 Å². The second-order valence-corrected chi connectivity index (χ2v) is 9.12. The van der Waals surface area contributed by atoms with E-state index in [9.17, 15) is 8.42 Å². The predicted molar refractivity (Wildman–Crippen MR) is 87.9 cm³/mol. The largest absolute Gasteiger partial charge is 0.318 e. The van der Waals surface area contributed by atoms with Crippen LogP contribution in [-0.2, 0) is 17.1 Å². The van der Waals surface area contributed by atoms with Gasteiger partial charge in [0.15, 0.2) is 0 Å².